The van der Waals surface area contributed by atoms with Crippen molar-refractivity contribution in [1.82, 2.24) is 21.3 Å². The molecule has 4 amide bonds. The number of carbonyl (C=O) groups excluding carboxylic acids is 4. The monoisotopic (exact) mass is 662 g/mol. The van der Waals surface area contributed by atoms with Crippen LogP contribution in [0.4, 0.5) is 4.79 Å². The smallest absolute Gasteiger partial charge is 0.407 e. The molecule has 5 rings (SSSR count). The van der Waals surface area contributed by atoms with Crippen molar-refractivity contribution in [3.63, 3.8) is 0 Å². The fourth-order valence-corrected chi connectivity index (χ4v) is 6.80. The maximum Gasteiger partial charge on any atom is 0.407 e. The topological polar surface area (TPSA) is 135 Å². The number of nitrogens with one attached hydrogen (secondary N) is 4. The Morgan fingerprint density at radius 1 is 0.708 bits per heavy atom. The van der Waals surface area contributed by atoms with Crippen LogP contribution in [-0.2, 0) is 32.0 Å². The molecule has 262 valence electrons. The third-order valence-corrected chi connectivity index (χ3v) is 9.76. The second-order valence-electron chi connectivity index (χ2n) is 14.6. The van der Waals surface area contributed by atoms with E-state index in [0.717, 1.165) is 55.4 Å². The lowest BCUT2D eigenvalue weighted by molar-refractivity contribution is -0.132. The van der Waals surface area contributed by atoms with Crippen LogP contribution >= 0.6 is 0 Å². The third kappa shape index (κ3) is 10.7. The first-order chi connectivity index (χ1) is 22.8. The van der Waals surface area contributed by atoms with E-state index in [4.69, 9.17) is 9.47 Å². The molecule has 3 aliphatic carbocycles. The highest BCUT2D eigenvalue weighted by atomic mass is 16.6. The van der Waals surface area contributed by atoms with Crippen LogP contribution in [0.2, 0.25) is 0 Å². The molecule has 0 aliphatic heterocycles. The Morgan fingerprint density at radius 3 is 1.75 bits per heavy atom. The van der Waals surface area contributed by atoms with E-state index in [1.807, 2.05) is 82.3 Å². The van der Waals surface area contributed by atoms with Crippen LogP contribution in [-0.4, -0.2) is 61.2 Å². The molecule has 2 aromatic carbocycles. The van der Waals surface area contributed by atoms with Gasteiger partial charge in [-0.1, -0.05) is 49.4 Å². The number of hydrogen-bond acceptors (Lipinski definition) is 6. The third-order valence-electron chi connectivity index (χ3n) is 9.76. The first kappa shape index (κ1) is 36.8. The van der Waals surface area contributed by atoms with Crippen LogP contribution in [0.15, 0.2) is 54.6 Å². The Hall–Kier alpha value is -4.08. The van der Waals surface area contributed by atoms with Crippen molar-refractivity contribution in [3.8, 4) is 5.75 Å². The quantitative estimate of drug-likeness (QED) is 0.206. The van der Waals surface area contributed by atoms with Gasteiger partial charge in [0.1, 0.15) is 23.4 Å². The van der Waals surface area contributed by atoms with E-state index in [1.54, 1.807) is 6.92 Å². The van der Waals surface area contributed by atoms with Crippen molar-refractivity contribution in [2.75, 3.05) is 19.7 Å². The van der Waals surface area contributed by atoms with Gasteiger partial charge in [-0.05, 0) is 100 Å². The normalized spacial score (nSPS) is 21.4. The standard InChI is InChI=1S/C38H54N4O6/c1-6-32(43)41-31(24-28-13-15-29(16-14-28)47-7-2)34(45)42-30(23-27-11-9-8-10-12-27)33(44)39-25-37-17-20-38(21-18-37,22-19-37)26-40-35(46)48-36(3,4)5/h8-16,30-31H,6-7,17-26H2,1-5H3,(H,39,44)(H,40,46)(H,41,43)(H,42,45)/t30-,31+,37?,38?/m0/s1. The van der Waals surface area contributed by atoms with Crippen LogP contribution in [0.5, 0.6) is 5.75 Å². The van der Waals surface area contributed by atoms with Gasteiger partial charge < -0.3 is 30.7 Å². The molecule has 10 nitrogen and oxygen atoms in total. The fraction of sp³-hybridized carbons (Fsp3) is 0.579. The first-order valence-electron chi connectivity index (χ1n) is 17.4. The molecular formula is C38H54N4O6. The van der Waals surface area contributed by atoms with Gasteiger partial charge in [-0.25, -0.2) is 4.79 Å². The van der Waals surface area contributed by atoms with Crippen molar-refractivity contribution >= 4 is 23.8 Å². The van der Waals surface area contributed by atoms with Crippen molar-refractivity contribution in [1.29, 1.82) is 0 Å². The molecule has 4 N–H and O–H groups in total. The van der Waals surface area contributed by atoms with E-state index in [-0.39, 0.29) is 41.6 Å². The molecule has 2 bridgehead atoms. The Kier molecular flexibility index (Phi) is 12.5. The average Bonchev–Trinajstić information content (AvgIpc) is 3.07. The van der Waals surface area contributed by atoms with Crippen LogP contribution in [0.3, 0.4) is 0 Å². The zero-order valence-corrected chi connectivity index (χ0v) is 29.3. The second-order valence-corrected chi connectivity index (χ2v) is 14.6. The Balaban J connectivity index is 1.39. The number of hydrogen-bond donors (Lipinski definition) is 4. The number of rotatable bonds is 15. The number of fused-ring (bicyclic) bond motifs is 3. The zero-order chi connectivity index (χ0) is 34.8. The molecule has 3 saturated carbocycles. The summed E-state index contributed by atoms with van der Waals surface area (Å²) in [6.07, 6.45) is 6.29. The van der Waals surface area contributed by atoms with Crippen LogP contribution in [0, 0.1) is 10.8 Å². The molecule has 48 heavy (non-hydrogen) atoms. The molecule has 0 saturated heterocycles. The Bertz CT molecular complexity index is 1360. The van der Waals surface area contributed by atoms with Gasteiger partial charge in [-0.15, -0.1) is 0 Å². The number of benzene rings is 2. The summed E-state index contributed by atoms with van der Waals surface area (Å²) in [5, 5.41) is 12.0. The molecule has 2 atom stereocenters. The zero-order valence-electron chi connectivity index (χ0n) is 29.3. The Morgan fingerprint density at radius 2 is 1.23 bits per heavy atom. The summed E-state index contributed by atoms with van der Waals surface area (Å²) in [6.45, 7) is 10.9. The van der Waals surface area contributed by atoms with Crippen molar-refractivity contribution in [2.24, 2.45) is 10.8 Å². The molecule has 3 aliphatic rings. The lowest BCUT2D eigenvalue weighted by Crippen LogP contribution is -2.57. The van der Waals surface area contributed by atoms with Crippen LogP contribution in [0.1, 0.15) is 90.7 Å². The summed E-state index contributed by atoms with van der Waals surface area (Å²) in [5.41, 5.74) is 1.32. The number of amides is 4. The van der Waals surface area contributed by atoms with Gasteiger partial charge in [-0.3, -0.25) is 14.4 Å². The van der Waals surface area contributed by atoms with E-state index in [1.165, 1.54) is 0 Å². The summed E-state index contributed by atoms with van der Waals surface area (Å²) in [5.74, 6) is -0.149. The minimum absolute atomic E-state index is 0.00404. The van der Waals surface area contributed by atoms with Gasteiger partial charge in [0.25, 0.3) is 0 Å². The highest BCUT2D eigenvalue weighted by Crippen LogP contribution is 2.56. The van der Waals surface area contributed by atoms with E-state index in [9.17, 15) is 19.2 Å². The summed E-state index contributed by atoms with van der Waals surface area (Å²) in [7, 11) is 0. The van der Waals surface area contributed by atoms with E-state index in [0.29, 0.717) is 26.1 Å². The van der Waals surface area contributed by atoms with Gasteiger partial charge in [0.15, 0.2) is 0 Å². The minimum atomic E-state index is -0.848. The number of ether oxygens (including phenoxy) is 2. The summed E-state index contributed by atoms with van der Waals surface area (Å²) < 4.78 is 11.0. The predicted octanol–water partition coefficient (Wildman–Crippen LogP) is 5.23. The van der Waals surface area contributed by atoms with Crippen molar-refractivity contribution in [3.05, 3.63) is 65.7 Å². The summed E-state index contributed by atoms with van der Waals surface area (Å²) >= 11 is 0. The molecule has 0 spiro atoms. The van der Waals surface area contributed by atoms with Crippen LogP contribution in [0.25, 0.3) is 0 Å². The fourth-order valence-electron chi connectivity index (χ4n) is 6.80. The summed E-state index contributed by atoms with van der Waals surface area (Å²) in [4.78, 5) is 52.3. The number of carbonyl (C=O) groups is 4. The van der Waals surface area contributed by atoms with Gasteiger partial charge in [0.2, 0.25) is 17.7 Å². The lowest BCUT2D eigenvalue weighted by Gasteiger charge is -2.53. The second kappa shape index (κ2) is 16.3. The lowest BCUT2D eigenvalue weighted by atomic mass is 9.53. The highest BCUT2D eigenvalue weighted by Gasteiger charge is 2.48. The molecule has 0 radical (unpaired) electrons. The maximum atomic E-state index is 13.8. The molecule has 0 unspecified atom stereocenters. The maximum absolute atomic E-state index is 13.8. The van der Waals surface area contributed by atoms with Crippen molar-refractivity contribution in [2.45, 2.75) is 110 Å². The van der Waals surface area contributed by atoms with Gasteiger partial charge in [0.05, 0.1) is 6.61 Å². The molecule has 0 aromatic heterocycles. The van der Waals surface area contributed by atoms with E-state index in [2.05, 4.69) is 21.3 Å². The average molecular weight is 663 g/mol. The first-order valence-corrected chi connectivity index (χ1v) is 17.4. The largest absolute Gasteiger partial charge is 0.494 e. The van der Waals surface area contributed by atoms with E-state index < -0.39 is 23.6 Å². The van der Waals surface area contributed by atoms with Crippen molar-refractivity contribution < 1.29 is 28.7 Å². The highest BCUT2D eigenvalue weighted by molar-refractivity contribution is 5.92. The van der Waals surface area contributed by atoms with Gasteiger partial charge >= 0.3 is 6.09 Å². The molecule has 2 aromatic rings. The SMILES string of the molecule is CCOc1ccc(C[C@@H](NC(=O)CC)C(=O)N[C@@H](Cc2ccccc2)C(=O)NCC23CCC(CNC(=O)OC(C)(C)C)(CC2)CC3)cc1. The van der Waals surface area contributed by atoms with Gasteiger partial charge in [0, 0.05) is 32.4 Å². The molecule has 3 fully saturated rings. The Labute approximate surface area is 285 Å². The molecule has 10 heteroatoms. The number of alkyl carbamates (subject to hydrolysis) is 1. The molecule has 0 heterocycles. The predicted molar refractivity (Wildman–Crippen MR) is 185 cm³/mol. The van der Waals surface area contributed by atoms with E-state index >= 15 is 0 Å². The summed E-state index contributed by atoms with van der Waals surface area (Å²) in [6, 6.07) is 15.4. The van der Waals surface area contributed by atoms with Crippen LogP contribution < -0.4 is 26.0 Å². The van der Waals surface area contributed by atoms with Gasteiger partial charge in [-0.2, -0.15) is 0 Å². The molecular weight excluding hydrogens is 608 g/mol. The minimum Gasteiger partial charge on any atom is -0.494 e.